The average molecular weight is 424 g/mol. The van der Waals surface area contributed by atoms with Gasteiger partial charge in [-0.25, -0.2) is 0 Å². The molecule has 1 unspecified atom stereocenters. The number of hydrogen-bond acceptors (Lipinski definition) is 3. The molecule has 3 rings (SSSR count). The maximum Gasteiger partial charge on any atom is 0.129 e. The highest BCUT2D eigenvalue weighted by Crippen LogP contribution is 2.36. The molecule has 1 fully saturated rings. The standard InChI is InChI=1S/C20H26NO2S.BrH/c1-2-11-21(13-15-23-16-14-21)12-10-20(22,19-9-6-17-24-19)18-7-4-3-5-8-18;/h2-9,17,22H,1,10-16H2;1H/q+1;/p-1. The van der Waals surface area contributed by atoms with Gasteiger partial charge < -0.3 is 31.3 Å². The second kappa shape index (κ2) is 9.10. The van der Waals surface area contributed by atoms with Crippen molar-refractivity contribution in [2.24, 2.45) is 0 Å². The van der Waals surface area contributed by atoms with E-state index < -0.39 is 5.60 Å². The molecule has 0 saturated carbocycles. The average Bonchev–Trinajstić information content (AvgIpc) is 3.17. The van der Waals surface area contributed by atoms with Gasteiger partial charge >= 0.3 is 0 Å². The molecular weight excluding hydrogens is 398 g/mol. The van der Waals surface area contributed by atoms with Crippen molar-refractivity contribution in [3.8, 4) is 0 Å². The summed E-state index contributed by atoms with van der Waals surface area (Å²) in [5, 5.41) is 13.6. The summed E-state index contributed by atoms with van der Waals surface area (Å²) in [6.45, 7) is 9.33. The molecule has 1 N–H and O–H groups in total. The Kier molecular flexibility index (Phi) is 7.40. The van der Waals surface area contributed by atoms with Crippen LogP contribution in [0, 0.1) is 0 Å². The SMILES string of the molecule is C=CC[N+]1(CCC(O)(c2ccccc2)c2cccs2)CCOCC1.[Br-]. The fourth-order valence-corrected chi connectivity index (χ4v) is 4.41. The number of rotatable bonds is 7. The zero-order chi connectivity index (χ0) is 16.9. The molecule has 136 valence electrons. The number of halogens is 1. The molecule has 0 radical (unpaired) electrons. The molecule has 1 aromatic heterocycles. The molecule has 1 aromatic carbocycles. The first-order valence-electron chi connectivity index (χ1n) is 8.54. The normalized spacial score (nSPS) is 18.8. The van der Waals surface area contributed by atoms with Gasteiger partial charge in [0.25, 0.3) is 0 Å². The summed E-state index contributed by atoms with van der Waals surface area (Å²) in [5.74, 6) is 0. The lowest BCUT2D eigenvalue weighted by molar-refractivity contribution is -0.930. The van der Waals surface area contributed by atoms with Gasteiger partial charge in [-0.15, -0.1) is 11.3 Å². The van der Waals surface area contributed by atoms with Crippen LogP contribution >= 0.6 is 11.3 Å². The third kappa shape index (κ3) is 4.60. The minimum Gasteiger partial charge on any atom is -1.00 e. The Labute approximate surface area is 164 Å². The van der Waals surface area contributed by atoms with E-state index in [1.807, 2.05) is 53.9 Å². The summed E-state index contributed by atoms with van der Waals surface area (Å²) in [5.41, 5.74) is 0.0395. The maximum absolute atomic E-state index is 11.6. The molecule has 25 heavy (non-hydrogen) atoms. The highest BCUT2D eigenvalue weighted by atomic mass is 79.9. The van der Waals surface area contributed by atoms with E-state index >= 15 is 0 Å². The highest BCUT2D eigenvalue weighted by molar-refractivity contribution is 7.10. The van der Waals surface area contributed by atoms with Gasteiger partial charge in [0.2, 0.25) is 0 Å². The van der Waals surface area contributed by atoms with Crippen LogP contribution in [0.3, 0.4) is 0 Å². The molecular formula is C20H26BrNO2S. The molecule has 2 aromatic rings. The first-order valence-corrected chi connectivity index (χ1v) is 9.42. The number of thiophene rings is 1. The summed E-state index contributed by atoms with van der Waals surface area (Å²) >= 11 is 1.62. The summed E-state index contributed by atoms with van der Waals surface area (Å²) in [6, 6.07) is 14.1. The van der Waals surface area contributed by atoms with E-state index in [0.717, 1.165) is 54.3 Å². The van der Waals surface area contributed by atoms with Gasteiger partial charge in [0.1, 0.15) is 18.7 Å². The van der Waals surface area contributed by atoms with Crippen LogP contribution in [0.1, 0.15) is 16.9 Å². The number of morpholine rings is 1. The van der Waals surface area contributed by atoms with Gasteiger partial charge in [0.05, 0.1) is 26.3 Å². The van der Waals surface area contributed by atoms with Crippen LogP contribution in [0.5, 0.6) is 0 Å². The van der Waals surface area contributed by atoms with Crippen LogP contribution in [0.4, 0.5) is 0 Å². The van der Waals surface area contributed by atoms with Crippen LogP contribution in [0.2, 0.25) is 0 Å². The highest BCUT2D eigenvalue weighted by Gasteiger charge is 2.37. The number of benzene rings is 1. The van der Waals surface area contributed by atoms with Crippen molar-refractivity contribution in [3.63, 3.8) is 0 Å². The van der Waals surface area contributed by atoms with E-state index in [9.17, 15) is 5.11 Å². The van der Waals surface area contributed by atoms with E-state index in [4.69, 9.17) is 4.74 Å². The fourth-order valence-electron chi connectivity index (χ4n) is 3.54. The largest absolute Gasteiger partial charge is 1.00 e. The van der Waals surface area contributed by atoms with Crippen molar-refractivity contribution >= 4 is 11.3 Å². The second-order valence-corrected chi connectivity index (χ2v) is 7.50. The van der Waals surface area contributed by atoms with Crippen LogP contribution in [-0.2, 0) is 10.3 Å². The van der Waals surface area contributed by atoms with Crippen LogP contribution in [0.25, 0.3) is 0 Å². The Morgan fingerprint density at radius 2 is 1.88 bits per heavy atom. The van der Waals surface area contributed by atoms with Crippen molar-refractivity contribution in [2.75, 3.05) is 39.4 Å². The molecule has 0 bridgehead atoms. The van der Waals surface area contributed by atoms with E-state index in [2.05, 4.69) is 6.58 Å². The second-order valence-electron chi connectivity index (χ2n) is 6.55. The Morgan fingerprint density at radius 3 is 2.48 bits per heavy atom. The molecule has 0 aliphatic carbocycles. The lowest BCUT2D eigenvalue weighted by Gasteiger charge is -2.42. The first-order chi connectivity index (χ1) is 11.7. The van der Waals surface area contributed by atoms with Crippen molar-refractivity contribution in [3.05, 3.63) is 70.9 Å². The zero-order valence-electron chi connectivity index (χ0n) is 14.4. The van der Waals surface area contributed by atoms with Gasteiger partial charge in [-0.3, -0.25) is 0 Å². The van der Waals surface area contributed by atoms with Crippen molar-refractivity contribution in [2.45, 2.75) is 12.0 Å². The van der Waals surface area contributed by atoms with Crippen molar-refractivity contribution < 1.29 is 31.3 Å². The zero-order valence-corrected chi connectivity index (χ0v) is 16.8. The molecule has 2 heterocycles. The van der Waals surface area contributed by atoms with E-state index in [1.165, 1.54) is 0 Å². The molecule has 1 aliphatic heterocycles. The molecule has 1 atom stereocenters. The fraction of sp³-hybridized carbons (Fsp3) is 0.400. The van der Waals surface area contributed by atoms with Gasteiger partial charge in [0, 0.05) is 11.3 Å². The summed E-state index contributed by atoms with van der Waals surface area (Å²) in [7, 11) is 0. The molecule has 5 heteroatoms. The maximum atomic E-state index is 11.6. The number of aliphatic hydroxyl groups is 1. The number of quaternary nitrogens is 1. The monoisotopic (exact) mass is 423 g/mol. The van der Waals surface area contributed by atoms with E-state index in [-0.39, 0.29) is 17.0 Å². The van der Waals surface area contributed by atoms with Gasteiger partial charge in [0.15, 0.2) is 0 Å². The number of hydrogen-bond donors (Lipinski definition) is 1. The smallest absolute Gasteiger partial charge is 0.129 e. The predicted octanol–water partition coefficient (Wildman–Crippen LogP) is 0.411. The number of nitrogens with zero attached hydrogens (tertiary/aromatic N) is 1. The molecule has 0 spiro atoms. The molecule has 3 nitrogen and oxygen atoms in total. The topological polar surface area (TPSA) is 29.5 Å². The quantitative estimate of drug-likeness (QED) is 0.516. The Hall–Kier alpha value is -0.980. The summed E-state index contributed by atoms with van der Waals surface area (Å²) in [6.07, 6.45) is 2.70. The molecule has 1 aliphatic rings. The lowest BCUT2D eigenvalue weighted by atomic mass is 9.88. The minimum absolute atomic E-state index is 0. The predicted molar refractivity (Wildman–Crippen MR) is 99.1 cm³/mol. The summed E-state index contributed by atoms with van der Waals surface area (Å²) in [4.78, 5) is 1.01. The van der Waals surface area contributed by atoms with Gasteiger partial charge in [-0.1, -0.05) is 43.0 Å². The van der Waals surface area contributed by atoms with Gasteiger partial charge in [-0.05, 0) is 23.1 Å². The minimum atomic E-state index is -0.930. The van der Waals surface area contributed by atoms with Crippen molar-refractivity contribution in [1.29, 1.82) is 0 Å². The van der Waals surface area contributed by atoms with Crippen molar-refractivity contribution in [1.82, 2.24) is 0 Å². The van der Waals surface area contributed by atoms with Crippen LogP contribution < -0.4 is 17.0 Å². The van der Waals surface area contributed by atoms with Crippen LogP contribution in [-0.4, -0.2) is 49.0 Å². The van der Waals surface area contributed by atoms with E-state index in [0.29, 0.717) is 6.42 Å². The Bertz CT molecular complexity index is 641. The summed E-state index contributed by atoms with van der Waals surface area (Å²) < 4.78 is 6.50. The van der Waals surface area contributed by atoms with Gasteiger partial charge in [-0.2, -0.15) is 0 Å². The Balaban J connectivity index is 0.00000225. The first kappa shape index (κ1) is 20.3. The molecule has 1 saturated heterocycles. The third-order valence-electron chi connectivity index (χ3n) is 5.06. The Morgan fingerprint density at radius 1 is 1.16 bits per heavy atom. The van der Waals surface area contributed by atoms with E-state index in [1.54, 1.807) is 11.3 Å². The third-order valence-corrected chi connectivity index (χ3v) is 6.09. The number of ether oxygens (including phenoxy) is 1. The lowest BCUT2D eigenvalue weighted by Crippen LogP contribution is -3.00. The molecule has 0 amide bonds. The van der Waals surface area contributed by atoms with Crippen LogP contribution in [0.15, 0.2) is 60.5 Å².